The smallest absolute Gasteiger partial charge is 0.317 e. The van der Waals surface area contributed by atoms with Crippen LogP contribution < -0.4 is 0 Å². The van der Waals surface area contributed by atoms with Crippen molar-refractivity contribution in [1.82, 2.24) is 0 Å². The van der Waals surface area contributed by atoms with Gasteiger partial charge in [0.15, 0.2) is 0 Å². The van der Waals surface area contributed by atoms with Gasteiger partial charge in [-0.2, -0.15) is 0 Å². The van der Waals surface area contributed by atoms with E-state index in [0.717, 1.165) is 16.7 Å². The Labute approximate surface area is 112 Å². The zero-order chi connectivity index (χ0) is 13.8. The Balaban J connectivity index is 2.49. The number of phenols is 1. The van der Waals surface area contributed by atoms with Crippen molar-refractivity contribution in [3.8, 4) is 5.75 Å². The number of benzene rings is 2. The third-order valence-corrected chi connectivity index (χ3v) is 3.12. The highest BCUT2D eigenvalue weighted by Gasteiger charge is 2.23. The van der Waals surface area contributed by atoms with Gasteiger partial charge in [-0.15, -0.1) is 0 Å². The average Bonchev–Trinajstić information content (AvgIpc) is 2.44. The highest BCUT2D eigenvalue weighted by molar-refractivity contribution is 5.82. The lowest BCUT2D eigenvalue weighted by atomic mass is 9.90. The van der Waals surface area contributed by atoms with Crippen molar-refractivity contribution in [3.05, 3.63) is 65.2 Å². The van der Waals surface area contributed by atoms with Crippen molar-refractivity contribution in [2.24, 2.45) is 0 Å². The minimum Gasteiger partial charge on any atom is -0.508 e. The van der Waals surface area contributed by atoms with Crippen molar-refractivity contribution in [1.29, 1.82) is 0 Å². The first-order valence-electron chi connectivity index (χ1n) is 6.05. The first kappa shape index (κ1) is 13.1. The topological polar surface area (TPSA) is 46.5 Å². The van der Waals surface area contributed by atoms with Crippen LogP contribution >= 0.6 is 0 Å². The third-order valence-electron chi connectivity index (χ3n) is 3.12. The number of methoxy groups -OCH3 is 1. The fraction of sp³-hybridized carbons (Fsp3) is 0.188. The summed E-state index contributed by atoms with van der Waals surface area (Å²) >= 11 is 0. The van der Waals surface area contributed by atoms with Crippen molar-refractivity contribution in [3.63, 3.8) is 0 Å². The predicted molar refractivity (Wildman–Crippen MR) is 73.1 cm³/mol. The highest BCUT2D eigenvalue weighted by Crippen LogP contribution is 2.29. The van der Waals surface area contributed by atoms with Crippen LogP contribution in [0.25, 0.3) is 0 Å². The molecule has 98 valence electrons. The Morgan fingerprint density at radius 3 is 2.37 bits per heavy atom. The van der Waals surface area contributed by atoms with E-state index in [4.69, 9.17) is 4.74 Å². The second kappa shape index (κ2) is 5.57. The molecule has 0 aliphatic heterocycles. The molecule has 0 saturated carbocycles. The molecule has 1 atom stereocenters. The van der Waals surface area contributed by atoms with Crippen LogP contribution in [0.1, 0.15) is 22.6 Å². The molecule has 3 heteroatoms. The van der Waals surface area contributed by atoms with Crippen LogP contribution in [0.4, 0.5) is 0 Å². The molecular formula is C16H16O3. The highest BCUT2D eigenvalue weighted by atomic mass is 16.5. The van der Waals surface area contributed by atoms with Gasteiger partial charge in [0.2, 0.25) is 0 Å². The lowest BCUT2D eigenvalue weighted by molar-refractivity contribution is -0.141. The van der Waals surface area contributed by atoms with Gasteiger partial charge in [0.05, 0.1) is 7.11 Å². The lowest BCUT2D eigenvalue weighted by Gasteiger charge is -2.16. The number of phenolic OH excluding ortho intramolecular Hbond substituents is 1. The van der Waals surface area contributed by atoms with Crippen LogP contribution in [0, 0.1) is 6.92 Å². The van der Waals surface area contributed by atoms with E-state index in [1.54, 1.807) is 19.1 Å². The van der Waals surface area contributed by atoms with E-state index in [-0.39, 0.29) is 11.7 Å². The maximum atomic E-state index is 12.0. The minimum atomic E-state index is -0.467. The molecule has 19 heavy (non-hydrogen) atoms. The monoisotopic (exact) mass is 256 g/mol. The van der Waals surface area contributed by atoms with Gasteiger partial charge in [-0.1, -0.05) is 42.5 Å². The molecule has 1 unspecified atom stereocenters. The Bertz CT molecular complexity index is 576. The molecule has 0 aliphatic rings. The molecule has 0 radical (unpaired) electrons. The molecule has 0 amide bonds. The van der Waals surface area contributed by atoms with Gasteiger partial charge in [0.25, 0.3) is 0 Å². The summed E-state index contributed by atoms with van der Waals surface area (Å²) in [5.74, 6) is -0.554. The van der Waals surface area contributed by atoms with E-state index in [1.807, 2.05) is 36.4 Å². The van der Waals surface area contributed by atoms with Gasteiger partial charge in [-0.3, -0.25) is 4.79 Å². The molecular weight excluding hydrogens is 240 g/mol. The fourth-order valence-corrected chi connectivity index (χ4v) is 2.09. The van der Waals surface area contributed by atoms with Crippen LogP contribution in [0.3, 0.4) is 0 Å². The SMILES string of the molecule is COC(=O)C(c1ccccc1)c1ccc(O)c(C)c1. The molecule has 2 aromatic rings. The molecule has 0 saturated heterocycles. The number of carbonyl (C=O) groups is 1. The minimum absolute atomic E-state index is 0.223. The summed E-state index contributed by atoms with van der Waals surface area (Å²) in [7, 11) is 1.38. The number of carbonyl (C=O) groups excluding carboxylic acids is 1. The normalized spacial score (nSPS) is 11.9. The fourth-order valence-electron chi connectivity index (χ4n) is 2.09. The summed E-state index contributed by atoms with van der Waals surface area (Å²) in [6.07, 6.45) is 0. The Morgan fingerprint density at radius 2 is 1.79 bits per heavy atom. The number of aromatic hydroxyl groups is 1. The van der Waals surface area contributed by atoms with Gasteiger partial charge in [-0.25, -0.2) is 0 Å². The van der Waals surface area contributed by atoms with Crippen LogP contribution in [-0.4, -0.2) is 18.2 Å². The van der Waals surface area contributed by atoms with E-state index < -0.39 is 5.92 Å². The van der Waals surface area contributed by atoms with E-state index in [0.29, 0.717) is 0 Å². The molecule has 0 spiro atoms. The molecule has 0 bridgehead atoms. The van der Waals surface area contributed by atoms with Gasteiger partial charge in [0.1, 0.15) is 11.7 Å². The summed E-state index contributed by atoms with van der Waals surface area (Å²) in [5.41, 5.74) is 2.43. The molecule has 1 N–H and O–H groups in total. The third kappa shape index (κ3) is 2.76. The number of hydrogen-bond donors (Lipinski definition) is 1. The number of rotatable bonds is 3. The maximum absolute atomic E-state index is 12.0. The molecule has 2 aromatic carbocycles. The summed E-state index contributed by atoms with van der Waals surface area (Å²) in [5, 5.41) is 9.58. The van der Waals surface area contributed by atoms with E-state index in [2.05, 4.69) is 0 Å². The van der Waals surface area contributed by atoms with Crippen LogP contribution in [0.5, 0.6) is 5.75 Å². The zero-order valence-electron chi connectivity index (χ0n) is 11.0. The van der Waals surface area contributed by atoms with Gasteiger partial charge < -0.3 is 9.84 Å². The number of esters is 1. The predicted octanol–water partition coefficient (Wildman–Crippen LogP) is 3.01. The Morgan fingerprint density at radius 1 is 1.11 bits per heavy atom. The first-order valence-corrected chi connectivity index (χ1v) is 6.05. The van der Waals surface area contributed by atoms with Crippen molar-refractivity contribution in [2.45, 2.75) is 12.8 Å². The van der Waals surface area contributed by atoms with Gasteiger partial charge in [-0.05, 0) is 29.7 Å². The van der Waals surface area contributed by atoms with Crippen molar-refractivity contribution >= 4 is 5.97 Å². The summed E-state index contributed by atoms with van der Waals surface area (Å²) in [6, 6.07) is 14.6. The largest absolute Gasteiger partial charge is 0.508 e. The van der Waals surface area contributed by atoms with E-state index in [1.165, 1.54) is 7.11 Å². The Hall–Kier alpha value is -2.29. The molecule has 2 rings (SSSR count). The number of ether oxygens (including phenoxy) is 1. The standard InChI is InChI=1S/C16H16O3/c1-11-10-13(8-9-14(11)17)15(16(18)19-2)12-6-4-3-5-7-12/h3-10,15,17H,1-2H3. The van der Waals surface area contributed by atoms with Crippen LogP contribution in [-0.2, 0) is 9.53 Å². The second-order valence-electron chi connectivity index (χ2n) is 4.41. The van der Waals surface area contributed by atoms with Crippen LogP contribution in [0.15, 0.2) is 48.5 Å². The second-order valence-corrected chi connectivity index (χ2v) is 4.41. The molecule has 0 aromatic heterocycles. The van der Waals surface area contributed by atoms with Gasteiger partial charge >= 0.3 is 5.97 Å². The van der Waals surface area contributed by atoms with E-state index >= 15 is 0 Å². The number of aryl methyl sites for hydroxylation is 1. The van der Waals surface area contributed by atoms with Crippen molar-refractivity contribution in [2.75, 3.05) is 7.11 Å². The molecule has 0 heterocycles. The Kier molecular flexibility index (Phi) is 3.85. The summed E-state index contributed by atoms with van der Waals surface area (Å²) < 4.78 is 4.89. The van der Waals surface area contributed by atoms with E-state index in [9.17, 15) is 9.90 Å². The average molecular weight is 256 g/mol. The van der Waals surface area contributed by atoms with Crippen LogP contribution in [0.2, 0.25) is 0 Å². The molecule has 3 nitrogen and oxygen atoms in total. The molecule has 0 fully saturated rings. The maximum Gasteiger partial charge on any atom is 0.317 e. The van der Waals surface area contributed by atoms with Gasteiger partial charge in [0, 0.05) is 0 Å². The molecule has 0 aliphatic carbocycles. The summed E-state index contributed by atoms with van der Waals surface area (Å²) in [6.45, 7) is 1.80. The lowest BCUT2D eigenvalue weighted by Crippen LogP contribution is -2.15. The van der Waals surface area contributed by atoms with Crippen molar-refractivity contribution < 1.29 is 14.6 Å². The number of hydrogen-bond acceptors (Lipinski definition) is 3. The first-order chi connectivity index (χ1) is 9.13. The summed E-state index contributed by atoms with van der Waals surface area (Å²) in [4.78, 5) is 12.0. The zero-order valence-corrected chi connectivity index (χ0v) is 11.0. The quantitative estimate of drug-likeness (QED) is 0.859.